The molecular weight excluding hydrogens is 308 g/mol. The minimum absolute atomic E-state index is 0.0260. The number of rotatable bonds is 4. The van der Waals surface area contributed by atoms with Gasteiger partial charge in [0.2, 0.25) is 5.91 Å². The van der Waals surface area contributed by atoms with E-state index in [2.05, 4.69) is 10.1 Å². The molecule has 0 spiro atoms. The van der Waals surface area contributed by atoms with E-state index in [0.29, 0.717) is 24.6 Å². The van der Waals surface area contributed by atoms with Gasteiger partial charge in [-0.05, 0) is 32.6 Å². The average Bonchev–Trinajstić information content (AvgIpc) is 2.89. The zero-order valence-corrected chi connectivity index (χ0v) is 14.1. The number of likely N-dealkylation sites (tertiary alicyclic amines) is 1. The molecule has 0 aromatic carbocycles. The van der Waals surface area contributed by atoms with E-state index in [1.54, 1.807) is 10.9 Å². The maximum absolute atomic E-state index is 12.5. The molecule has 3 heterocycles. The Morgan fingerprint density at radius 3 is 2.71 bits per heavy atom. The summed E-state index contributed by atoms with van der Waals surface area (Å²) in [4.78, 5) is 30.1. The first-order valence-corrected chi connectivity index (χ1v) is 8.24. The van der Waals surface area contributed by atoms with Crippen LogP contribution in [0.4, 0.5) is 0 Å². The molecule has 7 heteroatoms. The van der Waals surface area contributed by atoms with Crippen molar-refractivity contribution in [2.75, 3.05) is 13.1 Å². The van der Waals surface area contributed by atoms with Crippen molar-refractivity contribution in [1.82, 2.24) is 19.6 Å². The third-order valence-corrected chi connectivity index (χ3v) is 4.72. The highest BCUT2D eigenvalue weighted by Gasteiger charge is 2.24. The number of piperidine rings is 1. The predicted octanol–water partition coefficient (Wildman–Crippen LogP) is 1.33. The second kappa shape index (κ2) is 6.98. The van der Waals surface area contributed by atoms with Crippen molar-refractivity contribution in [1.29, 1.82) is 0 Å². The number of aryl methyl sites for hydroxylation is 2. The van der Waals surface area contributed by atoms with Crippen LogP contribution < -0.4 is 5.56 Å². The predicted molar refractivity (Wildman–Crippen MR) is 87.5 cm³/mol. The molecule has 0 atom stereocenters. The van der Waals surface area contributed by atoms with Gasteiger partial charge in [0.1, 0.15) is 5.76 Å². The van der Waals surface area contributed by atoms with Crippen molar-refractivity contribution in [2.45, 2.75) is 39.7 Å². The third-order valence-electron chi connectivity index (χ3n) is 4.72. The zero-order valence-electron chi connectivity index (χ0n) is 14.1. The van der Waals surface area contributed by atoms with Crippen LogP contribution >= 0.6 is 0 Å². The van der Waals surface area contributed by atoms with Crippen LogP contribution in [0.5, 0.6) is 0 Å². The zero-order chi connectivity index (χ0) is 17.1. The minimum Gasteiger partial charge on any atom is -0.361 e. The molecule has 2 aromatic rings. The highest BCUT2D eigenvalue weighted by atomic mass is 16.5. The quantitative estimate of drug-likeness (QED) is 0.845. The number of hydrogen-bond acceptors (Lipinski definition) is 5. The lowest BCUT2D eigenvalue weighted by atomic mass is 9.96. The molecule has 1 amide bonds. The summed E-state index contributed by atoms with van der Waals surface area (Å²) in [7, 11) is 0. The lowest BCUT2D eigenvalue weighted by molar-refractivity contribution is -0.131. The van der Waals surface area contributed by atoms with Gasteiger partial charge in [0, 0.05) is 37.5 Å². The topological polar surface area (TPSA) is 81.2 Å². The summed E-state index contributed by atoms with van der Waals surface area (Å²) in [6.07, 6.45) is 5.23. The van der Waals surface area contributed by atoms with E-state index in [0.717, 1.165) is 37.2 Å². The summed E-state index contributed by atoms with van der Waals surface area (Å²) in [5, 5.41) is 3.90. The molecule has 0 saturated carbocycles. The lowest BCUT2D eigenvalue weighted by Gasteiger charge is -2.32. The molecule has 0 unspecified atom stereocenters. The minimum atomic E-state index is -0.0260. The molecule has 1 aliphatic heterocycles. The van der Waals surface area contributed by atoms with Crippen LogP contribution in [0.25, 0.3) is 0 Å². The van der Waals surface area contributed by atoms with Crippen LogP contribution in [-0.4, -0.2) is 38.6 Å². The third kappa shape index (κ3) is 3.55. The number of carbonyl (C=O) groups is 1. The summed E-state index contributed by atoms with van der Waals surface area (Å²) in [5.74, 6) is 1.23. The van der Waals surface area contributed by atoms with Crippen LogP contribution in [0.15, 0.2) is 27.9 Å². The van der Waals surface area contributed by atoms with Gasteiger partial charge in [-0.1, -0.05) is 5.16 Å². The maximum atomic E-state index is 12.5. The Kier molecular flexibility index (Phi) is 4.78. The fraction of sp³-hybridized carbons (Fsp3) is 0.529. The number of amides is 1. The highest BCUT2D eigenvalue weighted by molar-refractivity contribution is 5.79. The van der Waals surface area contributed by atoms with E-state index in [-0.39, 0.29) is 11.5 Å². The summed E-state index contributed by atoms with van der Waals surface area (Å²) in [6.45, 7) is 5.81. The maximum Gasteiger partial charge on any atom is 0.253 e. The molecule has 2 aromatic heterocycles. The number of aromatic nitrogens is 3. The van der Waals surface area contributed by atoms with Crippen molar-refractivity contribution in [3.63, 3.8) is 0 Å². The van der Waals surface area contributed by atoms with Crippen LogP contribution in [0.2, 0.25) is 0 Å². The van der Waals surface area contributed by atoms with E-state index in [9.17, 15) is 9.59 Å². The van der Waals surface area contributed by atoms with Crippen molar-refractivity contribution < 1.29 is 9.32 Å². The molecule has 128 valence electrons. The van der Waals surface area contributed by atoms with Gasteiger partial charge in [-0.25, -0.2) is 4.98 Å². The SMILES string of the molecule is Cc1noc(C)c1CC(=O)N1CCC(Cn2cnccc2=O)CC1. The van der Waals surface area contributed by atoms with E-state index >= 15 is 0 Å². The van der Waals surface area contributed by atoms with E-state index in [4.69, 9.17) is 4.52 Å². The van der Waals surface area contributed by atoms with Crippen molar-refractivity contribution in [2.24, 2.45) is 5.92 Å². The van der Waals surface area contributed by atoms with Gasteiger partial charge < -0.3 is 9.42 Å². The summed E-state index contributed by atoms with van der Waals surface area (Å²) >= 11 is 0. The van der Waals surface area contributed by atoms with Crippen LogP contribution in [0.3, 0.4) is 0 Å². The van der Waals surface area contributed by atoms with Crippen LogP contribution in [-0.2, 0) is 17.8 Å². The Bertz CT molecular complexity index is 753. The lowest BCUT2D eigenvalue weighted by Crippen LogP contribution is -2.40. The molecular formula is C17H22N4O3. The molecule has 7 nitrogen and oxygen atoms in total. The summed E-state index contributed by atoms with van der Waals surface area (Å²) in [5.41, 5.74) is 1.65. The fourth-order valence-electron chi connectivity index (χ4n) is 3.18. The van der Waals surface area contributed by atoms with Gasteiger partial charge in [-0.15, -0.1) is 0 Å². The van der Waals surface area contributed by atoms with Gasteiger partial charge in [0.25, 0.3) is 5.56 Å². The molecule has 1 aliphatic rings. The first-order valence-electron chi connectivity index (χ1n) is 8.24. The Morgan fingerprint density at radius 2 is 2.08 bits per heavy atom. The van der Waals surface area contributed by atoms with Gasteiger partial charge in [-0.2, -0.15) is 0 Å². The van der Waals surface area contributed by atoms with Crippen LogP contribution in [0.1, 0.15) is 29.9 Å². The van der Waals surface area contributed by atoms with Crippen molar-refractivity contribution in [3.05, 3.63) is 46.0 Å². The van der Waals surface area contributed by atoms with Gasteiger partial charge in [0.05, 0.1) is 18.4 Å². The number of carbonyl (C=O) groups excluding carboxylic acids is 1. The largest absolute Gasteiger partial charge is 0.361 e. The van der Waals surface area contributed by atoms with Crippen molar-refractivity contribution in [3.8, 4) is 0 Å². The molecule has 24 heavy (non-hydrogen) atoms. The van der Waals surface area contributed by atoms with Gasteiger partial charge in [0.15, 0.2) is 0 Å². The monoisotopic (exact) mass is 330 g/mol. The van der Waals surface area contributed by atoms with Gasteiger partial charge >= 0.3 is 0 Å². The summed E-state index contributed by atoms with van der Waals surface area (Å²) in [6, 6.07) is 1.47. The first-order chi connectivity index (χ1) is 11.5. The van der Waals surface area contributed by atoms with E-state index < -0.39 is 0 Å². The smallest absolute Gasteiger partial charge is 0.253 e. The molecule has 1 fully saturated rings. The fourth-order valence-corrected chi connectivity index (χ4v) is 3.18. The molecule has 0 radical (unpaired) electrons. The number of nitrogens with zero attached hydrogens (tertiary/aromatic N) is 4. The van der Waals surface area contributed by atoms with Gasteiger partial charge in [-0.3, -0.25) is 14.2 Å². The Morgan fingerprint density at radius 1 is 1.33 bits per heavy atom. The van der Waals surface area contributed by atoms with Crippen LogP contribution in [0, 0.1) is 19.8 Å². The Labute approximate surface area is 140 Å². The van der Waals surface area contributed by atoms with E-state index in [1.165, 1.54) is 12.3 Å². The second-order valence-electron chi connectivity index (χ2n) is 6.37. The standard InChI is InChI=1S/C17H22N4O3/c1-12-15(13(2)24-19-12)9-17(23)20-7-4-14(5-8-20)10-21-11-18-6-3-16(21)22/h3,6,11,14H,4-5,7-10H2,1-2H3. The molecule has 3 rings (SSSR count). The summed E-state index contributed by atoms with van der Waals surface area (Å²) < 4.78 is 6.76. The first kappa shape index (κ1) is 16.4. The molecule has 0 N–H and O–H groups in total. The number of hydrogen-bond donors (Lipinski definition) is 0. The molecule has 0 bridgehead atoms. The molecule has 0 aliphatic carbocycles. The van der Waals surface area contributed by atoms with Crippen molar-refractivity contribution >= 4 is 5.91 Å². The Hall–Kier alpha value is -2.44. The second-order valence-corrected chi connectivity index (χ2v) is 6.37. The average molecular weight is 330 g/mol. The van der Waals surface area contributed by atoms with E-state index in [1.807, 2.05) is 18.7 Å². The Balaban J connectivity index is 1.54. The normalized spacial score (nSPS) is 15.7. The highest BCUT2D eigenvalue weighted by Crippen LogP contribution is 2.20. The molecule has 1 saturated heterocycles.